The van der Waals surface area contributed by atoms with Crippen molar-refractivity contribution in [3.05, 3.63) is 34.7 Å². The summed E-state index contributed by atoms with van der Waals surface area (Å²) in [5, 5.41) is -0.400. The van der Waals surface area contributed by atoms with Crippen molar-refractivity contribution in [3.63, 3.8) is 0 Å². The zero-order valence-electron chi connectivity index (χ0n) is 15.5. The Kier molecular flexibility index (Phi) is 6.55. The van der Waals surface area contributed by atoms with Gasteiger partial charge in [-0.3, -0.25) is 19.3 Å². The SMILES string of the molecule is CCOc1ccccc1/C=C1\SC(=O)N(CC(=O)N2CCCCCC2)C1=O. The predicted octanol–water partition coefficient (Wildman–Crippen LogP) is 3.52. The van der Waals surface area contributed by atoms with Gasteiger partial charge in [0.15, 0.2) is 0 Å². The number of rotatable bonds is 5. The number of thioether (sulfide) groups is 1. The number of hydrogen-bond donors (Lipinski definition) is 0. The zero-order chi connectivity index (χ0) is 19.2. The van der Waals surface area contributed by atoms with E-state index in [4.69, 9.17) is 4.74 Å². The molecule has 27 heavy (non-hydrogen) atoms. The lowest BCUT2D eigenvalue weighted by atomic mass is 10.2. The Morgan fingerprint density at radius 1 is 1.15 bits per heavy atom. The van der Waals surface area contributed by atoms with Crippen molar-refractivity contribution in [2.45, 2.75) is 32.6 Å². The minimum Gasteiger partial charge on any atom is -0.493 e. The van der Waals surface area contributed by atoms with Crippen molar-refractivity contribution in [1.29, 1.82) is 0 Å². The third-order valence-electron chi connectivity index (χ3n) is 4.63. The van der Waals surface area contributed by atoms with Crippen LogP contribution in [-0.2, 0) is 9.59 Å². The van der Waals surface area contributed by atoms with Crippen molar-refractivity contribution in [2.75, 3.05) is 26.2 Å². The van der Waals surface area contributed by atoms with Crippen LogP contribution in [0.5, 0.6) is 5.75 Å². The Balaban J connectivity index is 1.72. The smallest absolute Gasteiger partial charge is 0.294 e. The summed E-state index contributed by atoms with van der Waals surface area (Å²) < 4.78 is 5.57. The molecule has 144 valence electrons. The summed E-state index contributed by atoms with van der Waals surface area (Å²) >= 11 is 0.868. The third kappa shape index (κ3) is 4.71. The summed E-state index contributed by atoms with van der Waals surface area (Å²) in [5.74, 6) is 0.0853. The predicted molar refractivity (Wildman–Crippen MR) is 105 cm³/mol. The number of likely N-dealkylation sites (tertiary alicyclic amines) is 1. The first-order valence-corrected chi connectivity index (χ1v) is 10.2. The molecule has 0 unspecified atom stereocenters. The van der Waals surface area contributed by atoms with E-state index in [1.807, 2.05) is 31.2 Å². The number of carbonyl (C=O) groups excluding carboxylic acids is 3. The molecule has 1 aromatic rings. The molecule has 0 aromatic heterocycles. The Labute approximate surface area is 163 Å². The maximum atomic E-state index is 12.7. The first-order chi connectivity index (χ1) is 13.1. The van der Waals surface area contributed by atoms with Gasteiger partial charge in [0.05, 0.1) is 11.5 Å². The first kappa shape index (κ1) is 19.5. The van der Waals surface area contributed by atoms with E-state index >= 15 is 0 Å². The van der Waals surface area contributed by atoms with Gasteiger partial charge in [-0.15, -0.1) is 0 Å². The van der Waals surface area contributed by atoms with Gasteiger partial charge in [0.25, 0.3) is 11.1 Å². The Bertz CT molecular complexity index is 754. The maximum absolute atomic E-state index is 12.7. The lowest BCUT2D eigenvalue weighted by Gasteiger charge is -2.22. The topological polar surface area (TPSA) is 66.9 Å². The highest BCUT2D eigenvalue weighted by Crippen LogP contribution is 2.34. The van der Waals surface area contributed by atoms with Crippen LogP contribution in [0.3, 0.4) is 0 Å². The van der Waals surface area contributed by atoms with Crippen LogP contribution in [0.4, 0.5) is 4.79 Å². The van der Waals surface area contributed by atoms with Gasteiger partial charge in [-0.1, -0.05) is 31.0 Å². The molecule has 2 saturated heterocycles. The molecular weight excluding hydrogens is 364 g/mol. The molecule has 2 aliphatic heterocycles. The zero-order valence-corrected chi connectivity index (χ0v) is 16.3. The number of hydrogen-bond acceptors (Lipinski definition) is 5. The van der Waals surface area contributed by atoms with Gasteiger partial charge in [0, 0.05) is 18.7 Å². The van der Waals surface area contributed by atoms with Crippen LogP contribution in [0.1, 0.15) is 38.2 Å². The molecule has 3 rings (SSSR count). The summed E-state index contributed by atoms with van der Waals surface area (Å²) in [6.45, 7) is 3.62. The van der Waals surface area contributed by atoms with Gasteiger partial charge in [-0.05, 0) is 43.7 Å². The van der Waals surface area contributed by atoms with E-state index in [0.717, 1.165) is 47.9 Å². The van der Waals surface area contributed by atoms with Crippen LogP contribution in [0.2, 0.25) is 0 Å². The molecule has 7 heteroatoms. The van der Waals surface area contributed by atoms with Crippen LogP contribution in [-0.4, -0.2) is 53.1 Å². The average molecular weight is 388 g/mol. The molecule has 0 radical (unpaired) electrons. The highest BCUT2D eigenvalue weighted by Gasteiger charge is 2.37. The number of imide groups is 1. The van der Waals surface area contributed by atoms with Gasteiger partial charge >= 0.3 is 0 Å². The minimum atomic E-state index is -0.417. The number of carbonyl (C=O) groups is 3. The van der Waals surface area contributed by atoms with Crippen LogP contribution in [0.15, 0.2) is 29.2 Å². The van der Waals surface area contributed by atoms with E-state index in [9.17, 15) is 14.4 Å². The second-order valence-corrected chi connectivity index (χ2v) is 7.53. The molecule has 0 spiro atoms. The molecule has 2 heterocycles. The van der Waals surface area contributed by atoms with Gasteiger partial charge in [-0.25, -0.2) is 0 Å². The van der Waals surface area contributed by atoms with Crippen LogP contribution in [0, 0.1) is 0 Å². The summed E-state index contributed by atoms with van der Waals surface area (Å²) in [6.07, 6.45) is 5.84. The van der Waals surface area contributed by atoms with Gasteiger partial charge in [0.2, 0.25) is 5.91 Å². The van der Waals surface area contributed by atoms with Crippen LogP contribution >= 0.6 is 11.8 Å². The summed E-state index contributed by atoms with van der Waals surface area (Å²) in [5.41, 5.74) is 0.740. The largest absolute Gasteiger partial charge is 0.493 e. The Morgan fingerprint density at radius 3 is 2.56 bits per heavy atom. The van der Waals surface area contributed by atoms with E-state index in [1.54, 1.807) is 11.0 Å². The van der Waals surface area contributed by atoms with Crippen LogP contribution in [0.25, 0.3) is 6.08 Å². The standard InChI is InChI=1S/C20H24N2O4S/c1-2-26-16-10-6-5-9-15(16)13-17-19(24)22(20(25)27-17)14-18(23)21-11-7-3-4-8-12-21/h5-6,9-10,13H,2-4,7-8,11-12,14H2,1H3/b17-13-. The lowest BCUT2D eigenvalue weighted by Crippen LogP contribution is -2.42. The van der Waals surface area contributed by atoms with Crippen molar-refractivity contribution in [1.82, 2.24) is 9.80 Å². The summed E-state index contributed by atoms with van der Waals surface area (Å²) in [4.78, 5) is 40.7. The fourth-order valence-corrected chi connectivity index (χ4v) is 4.05. The van der Waals surface area contributed by atoms with E-state index in [1.165, 1.54) is 0 Å². The average Bonchev–Trinajstić information content (AvgIpc) is 2.87. The van der Waals surface area contributed by atoms with E-state index in [-0.39, 0.29) is 12.5 Å². The van der Waals surface area contributed by atoms with Crippen molar-refractivity contribution in [3.8, 4) is 5.75 Å². The normalized spacial score (nSPS) is 19.5. The third-order valence-corrected chi connectivity index (χ3v) is 5.54. The first-order valence-electron chi connectivity index (χ1n) is 9.35. The maximum Gasteiger partial charge on any atom is 0.294 e. The quantitative estimate of drug-likeness (QED) is 0.722. The molecule has 0 N–H and O–H groups in total. The molecule has 0 atom stereocenters. The highest BCUT2D eigenvalue weighted by molar-refractivity contribution is 8.18. The summed E-state index contributed by atoms with van der Waals surface area (Å²) in [6, 6.07) is 7.36. The molecule has 1 aromatic carbocycles. The molecule has 0 aliphatic carbocycles. The fraction of sp³-hybridized carbons (Fsp3) is 0.450. The van der Waals surface area contributed by atoms with Crippen molar-refractivity contribution >= 4 is 34.9 Å². The number of ether oxygens (including phenoxy) is 1. The van der Waals surface area contributed by atoms with Crippen molar-refractivity contribution in [2.24, 2.45) is 0 Å². The molecule has 2 aliphatic rings. The number of para-hydroxylation sites is 1. The van der Waals surface area contributed by atoms with E-state index in [2.05, 4.69) is 0 Å². The Hall–Kier alpha value is -2.28. The van der Waals surface area contributed by atoms with Crippen molar-refractivity contribution < 1.29 is 19.1 Å². The highest BCUT2D eigenvalue weighted by atomic mass is 32.2. The van der Waals surface area contributed by atoms with Gasteiger partial charge in [0.1, 0.15) is 12.3 Å². The molecule has 2 fully saturated rings. The number of nitrogens with zero attached hydrogens (tertiary/aromatic N) is 2. The molecular formula is C20H24N2O4S. The second-order valence-electron chi connectivity index (χ2n) is 6.53. The van der Waals surface area contributed by atoms with Gasteiger partial charge in [-0.2, -0.15) is 0 Å². The van der Waals surface area contributed by atoms with E-state index in [0.29, 0.717) is 30.4 Å². The number of amides is 3. The van der Waals surface area contributed by atoms with Gasteiger partial charge < -0.3 is 9.64 Å². The molecule has 6 nitrogen and oxygen atoms in total. The molecule has 0 saturated carbocycles. The van der Waals surface area contributed by atoms with Crippen LogP contribution < -0.4 is 4.74 Å². The monoisotopic (exact) mass is 388 g/mol. The van der Waals surface area contributed by atoms with E-state index < -0.39 is 11.1 Å². The summed E-state index contributed by atoms with van der Waals surface area (Å²) in [7, 11) is 0. The lowest BCUT2D eigenvalue weighted by molar-refractivity contribution is -0.135. The fourth-order valence-electron chi connectivity index (χ4n) is 3.22. The molecule has 3 amide bonds. The Morgan fingerprint density at radius 2 is 1.85 bits per heavy atom. The second kappa shape index (κ2) is 9.08. The number of benzene rings is 1. The molecule has 0 bridgehead atoms. The minimum absolute atomic E-state index is 0.157.